The Morgan fingerprint density at radius 2 is 0.867 bits per heavy atom. The van der Waals surface area contributed by atoms with Crippen LogP contribution in [-0.4, -0.2) is 137 Å². The first-order valence-corrected chi connectivity index (χ1v) is 34.4. The fourth-order valence-corrected chi connectivity index (χ4v) is 4.15. The third-order valence-electron chi connectivity index (χ3n) is 9.45. The molecular formula is C87H157N3O8. The van der Waals surface area contributed by atoms with E-state index in [1.54, 1.807) is 48.7 Å². The van der Waals surface area contributed by atoms with Crippen LogP contribution in [0, 0.1) is 162 Å². The van der Waals surface area contributed by atoms with Gasteiger partial charge in [-0.3, -0.25) is 0 Å². The topological polar surface area (TPSA) is 181 Å². The van der Waals surface area contributed by atoms with Crippen molar-refractivity contribution >= 4 is 0 Å². The minimum Gasteiger partial charge on any atom is -0.394 e. The van der Waals surface area contributed by atoms with Crippen LogP contribution in [0.2, 0.25) is 0 Å². The molecule has 4 atom stereocenters. The minimum absolute atomic E-state index is 0.0101. The Kier molecular flexibility index (Phi) is 73.7. The molecule has 0 aromatic carbocycles. The van der Waals surface area contributed by atoms with Gasteiger partial charge in [0.1, 0.15) is 36.1 Å². The van der Waals surface area contributed by atoms with Gasteiger partial charge in [-0.05, 0) is 260 Å². The van der Waals surface area contributed by atoms with Crippen LogP contribution in [0.1, 0.15) is 282 Å². The molecule has 0 radical (unpaired) electrons. The fraction of sp³-hybridized carbons (Fsp3) is 0.747. The van der Waals surface area contributed by atoms with Crippen LogP contribution in [0.4, 0.5) is 0 Å². The highest BCUT2D eigenvalue weighted by Crippen LogP contribution is 2.18. The highest BCUT2D eigenvalue weighted by molar-refractivity contribution is 5.20. The first kappa shape index (κ1) is 117. The molecule has 0 bridgehead atoms. The number of hydrogen-bond donors (Lipinski definition) is 8. The lowest BCUT2D eigenvalue weighted by Crippen LogP contribution is -2.41. The minimum atomic E-state index is -1.03. The van der Waals surface area contributed by atoms with Crippen molar-refractivity contribution in [1.29, 1.82) is 0 Å². The Labute approximate surface area is 611 Å². The molecule has 0 heterocycles. The second kappa shape index (κ2) is 61.7. The summed E-state index contributed by atoms with van der Waals surface area (Å²) in [5, 5.41) is 56.8. The zero-order valence-corrected chi connectivity index (χ0v) is 71.5. The van der Waals surface area contributed by atoms with Gasteiger partial charge in [0.25, 0.3) is 0 Å². The second-order valence-electron chi connectivity index (χ2n) is 32.9. The Bertz CT molecular complexity index is 2580. The molecule has 9 N–H and O–H groups in total. The number of likely N-dealkylation sites (N-methyl/N-ethyl adjacent to an activating group) is 1. The molecule has 11 heteroatoms. The summed E-state index contributed by atoms with van der Waals surface area (Å²) in [5.41, 5.74) is 4.06. The highest BCUT2D eigenvalue weighted by atomic mass is 16.5. The van der Waals surface area contributed by atoms with Crippen LogP contribution in [0.25, 0.3) is 0 Å². The number of nitrogens with one attached hydrogen (secondary N) is 1. The first-order valence-electron chi connectivity index (χ1n) is 34.4. The summed E-state index contributed by atoms with van der Waals surface area (Å²) in [6.07, 6.45) is 7.74. The summed E-state index contributed by atoms with van der Waals surface area (Å²) in [6, 6.07) is 0. The number of aliphatic hydroxyl groups excluding tert-OH is 4. The van der Waals surface area contributed by atoms with E-state index >= 15 is 0 Å². The monoisotopic (exact) mass is 1370 g/mol. The maximum Gasteiger partial charge on any atom is 0.145 e. The van der Waals surface area contributed by atoms with Crippen molar-refractivity contribution in [3.8, 4) is 119 Å². The molecule has 0 fully saturated rings. The van der Waals surface area contributed by atoms with Crippen molar-refractivity contribution in [3.05, 3.63) is 12.7 Å². The number of terminal acetylenes is 1. The molecular weight excluding hydrogens is 1210 g/mol. The molecule has 0 spiro atoms. The maximum absolute atomic E-state index is 9.82. The van der Waals surface area contributed by atoms with E-state index in [0.29, 0.717) is 37.9 Å². The van der Waals surface area contributed by atoms with Crippen molar-refractivity contribution in [2.45, 2.75) is 323 Å². The van der Waals surface area contributed by atoms with Gasteiger partial charge in [-0.1, -0.05) is 131 Å². The Hall–Kier alpha value is -5.10. The molecule has 0 saturated carbocycles. The molecule has 0 saturated heterocycles. The lowest BCUT2D eigenvalue weighted by molar-refractivity contribution is 0.0272. The number of ether oxygens (including phenoxy) is 2. The van der Waals surface area contributed by atoms with Crippen LogP contribution in [0.3, 0.4) is 0 Å². The van der Waals surface area contributed by atoms with Crippen LogP contribution in [0.5, 0.6) is 0 Å². The number of hydrogen-bond acceptors (Lipinski definition) is 11. The predicted molar refractivity (Wildman–Crippen MR) is 432 cm³/mol. The molecule has 98 heavy (non-hydrogen) atoms. The van der Waals surface area contributed by atoms with Gasteiger partial charge < -0.3 is 56.1 Å². The summed E-state index contributed by atoms with van der Waals surface area (Å²) in [6.45, 7) is 82.2. The van der Waals surface area contributed by atoms with Crippen LogP contribution in [0.15, 0.2) is 12.7 Å². The van der Waals surface area contributed by atoms with Crippen LogP contribution in [-0.2, 0) is 9.47 Å². The van der Waals surface area contributed by atoms with Gasteiger partial charge in [0.05, 0.1) is 30.9 Å². The number of nitrogens with zero attached hydrogens (tertiary/aromatic N) is 1. The van der Waals surface area contributed by atoms with Gasteiger partial charge in [-0.25, -0.2) is 0 Å². The molecule has 0 aromatic heterocycles. The molecule has 2 unspecified atom stereocenters. The van der Waals surface area contributed by atoms with E-state index in [1.165, 1.54) is 0 Å². The number of methoxy groups -OCH3 is 1. The van der Waals surface area contributed by atoms with E-state index in [-0.39, 0.29) is 62.2 Å². The zero-order valence-electron chi connectivity index (χ0n) is 71.5. The standard InChI is InChI=1S/C13H26N2.C11H20O.C10H18O2.C9H17N.C9H16O.C7H12.C6H10O2.C6H12.C6H10.2C5H8O/c1-12(2,3)8-9-13(4,5)14-10-11-15(6)7;1-6-11(12,7-2)9-8-10(3,4)5;1-9(2,3)6-7-10(4,11)8-12-5;1-8(2,3)6-7-9(4,5)10;1-5-8(10)6-7-9(2,3)4;1-5-6-7(2,3)4;1-2-3-5-8-6-4-7;2*1-5-6(2,3)4;2*1-3-4-5(2)6/h14H,10-11H2,1-7H3;12H,6-7H2,1-5H3;11H,8H2,1-5H3;10H2,1-5H3;8,10H,5H2,1-4H3;1-4H3;7H,4-6H2,1H3;5H,1H2,2-4H3;1H,2-4H3;2*5-6H,1-2H3/t;;;;;;;;;2*5-/m.........10/s1. The maximum atomic E-state index is 9.82. The Morgan fingerprint density at radius 3 is 1.08 bits per heavy atom. The highest BCUT2D eigenvalue weighted by Gasteiger charge is 2.20. The third-order valence-corrected chi connectivity index (χ3v) is 9.45. The normalized spacial score (nSPS) is 12.1. The average Bonchev–Trinajstić information content (AvgIpc) is 0.980. The van der Waals surface area contributed by atoms with Crippen molar-refractivity contribution in [2.75, 3.05) is 60.7 Å². The lowest BCUT2D eigenvalue weighted by Gasteiger charge is -2.22. The number of nitrogens with two attached hydrogens (primary N) is 1. The Morgan fingerprint density at radius 1 is 0.520 bits per heavy atom. The number of aliphatic hydroxyl groups is 6. The summed E-state index contributed by atoms with van der Waals surface area (Å²) < 4.78 is 9.62. The summed E-state index contributed by atoms with van der Waals surface area (Å²) in [7, 11) is 5.71. The number of rotatable bonds is 12. The fourth-order valence-electron chi connectivity index (χ4n) is 4.15. The molecule has 0 rings (SSSR count). The van der Waals surface area contributed by atoms with Crippen molar-refractivity contribution in [2.24, 2.45) is 49.1 Å². The number of allylic oxidation sites excluding steroid dienone is 1. The van der Waals surface area contributed by atoms with Gasteiger partial charge in [0.15, 0.2) is 0 Å². The second-order valence-corrected chi connectivity index (χ2v) is 32.9. The molecule has 0 aliphatic rings. The van der Waals surface area contributed by atoms with E-state index < -0.39 is 29.5 Å². The average molecular weight is 1370 g/mol. The van der Waals surface area contributed by atoms with E-state index in [2.05, 4.69) is 240 Å². The quantitative estimate of drug-likeness (QED) is 0.0529. The van der Waals surface area contributed by atoms with Gasteiger partial charge in [-0.2, -0.15) is 0 Å². The molecule has 0 aliphatic carbocycles. The summed E-state index contributed by atoms with van der Waals surface area (Å²) >= 11 is 0. The lowest BCUT2D eigenvalue weighted by atomic mass is 9.93. The predicted octanol–water partition coefficient (Wildman–Crippen LogP) is 16.3. The third kappa shape index (κ3) is 155. The van der Waals surface area contributed by atoms with Gasteiger partial charge in [0, 0.05) is 58.1 Å². The molecule has 0 aromatic rings. The smallest absolute Gasteiger partial charge is 0.145 e. The first-order chi connectivity index (χ1) is 43.5. The zero-order chi connectivity index (χ0) is 80.9. The van der Waals surface area contributed by atoms with Crippen molar-refractivity contribution < 1.29 is 40.1 Å². The molecule has 568 valence electrons. The Balaban J connectivity index is -0.0000000957. The van der Waals surface area contributed by atoms with Crippen molar-refractivity contribution in [1.82, 2.24) is 10.2 Å². The molecule has 0 amide bonds. The van der Waals surface area contributed by atoms with Gasteiger partial charge in [-0.15, -0.1) is 42.6 Å². The van der Waals surface area contributed by atoms with E-state index in [1.807, 2.05) is 131 Å². The van der Waals surface area contributed by atoms with E-state index in [4.69, 9.17) is 42.1 Å². The van der Waals surface area contributed by atoms with Crippen LogP contribution >= 0.6 is 0 Å². The van der Waals surface area contributed by atoms with Crippen molar-refractivity contribution in [3.63, 3.8) is 0 Å². The van der Waals surface area contributed by atoms with E-state index in [0.717, 1.165) is 13.1 Å². The summed E-state index contributed by atoms with van der Waals surface area (Å²) in [4.78, 5) is 2.17. The van der Waals surface area contributed by atoms with Gasteiger partial charge >= 0.3 is 0 Å². The molecule has 11 nitrogen and oxygen atoms in total. The largest absolute Gasteiger partial charge is 0.394 e. The SMILES string of the molecule is C#CC(C)(C)C.C=CC(C)(C)C.CC#CC(C)(C)C.CC#CCOCCO.CC#C[C@@H](C)O.CC#C[C@H](C)O.CC(C)(C)C#CC(C)(C)N.CCC(O)(C#CC(C)(C)C)CC.CCC(O)C#CC(C)(C)C.CN(C)CCNC(C)(C)C#CC(C)(C)C.COCC(C)(O)C#CC(C)(C)C. The summed E-state index contributed by atoms with van der Waals surface area (Å²) in [5.74, 6) is 54.2. The van der Waals surface area contributed by atoms with Gasteiger partial charge in [0.2, 0.25) is 0 Å². The van der Waals surface area contributed by atoms with Crippen LogP contribution < -0.4 is 11.1 Å². The van der Waals surface area contributed by atoms with E-state index in [9.17, 15) is 10.2 Å². The molecule has 0 aliphatic heterocycles.